The van der Waals surface area contributed by atoms with E-state index in [1.54, 1.807) is 0 Å². The summed E-state index contributed by atoms with van der Waals surface area (Å²) in [4.78, 5) is 12.0. The maximum absolute atomic E-state index is 12.0. The average Bonchev–Trinajstić information content (AvgIpc) is 2.95. The number of fused-ring (bicyclic) bond motifs is 3. The third-order valence-electron chi connectivity index (χ3n) is 3.96. The summed E-state index contributed by atoms with van der Waals surface area (Å²) in [5.41, 5.74) is 2.75. The molecule has 1 aromatic heterocycles. The number of carbonyl (C=O) groups excluding carboxylic acids is 1. The van der Waals surface area contributed by atoms with Crippen molar-refractivity contribution in [3.63, 3.8) is 0 Å². The van der Waals surface area contributed by atoms with Crippen LogP contribution in [0.4, 0.5) is 0 Å². The lowest BCUT2D eigenvalue weighted by molar-refractivity contribution is -0.163. The third-order valence-corrected chi connectivity index (χ3v) is 3.96. The lowest BCUT2D eigenvalue weighted by Crippen LogP contribution is -2.39. The van der Waals surface area contributed by atoms with Crippen LogP contribution in [0, 0.1) is 0 Å². The van der Waals surface area contributed by atoms with Crippen molar-refractivity contribution in [2.45, 2.75) is 31.6 Å². The van der Waals surface area contributed by atoms with E-state index in [4.69, 9.17) is 9.47 Å². The van der Waals surface area contributed by atoms with Crippen LogP contribution in [-0.2, 0) is 28.9 Å². The van der Waals surface area contributed by atoms with E-state index >= 15 is 0 Å². The second-order valence-corrected chi connectivity index (χ2v) is 5.04. The summed E-state index contributed by atoms with van der Waals surface area (Å²) >= 11 is 0. The van der Waals surface area contributed by atoms with Crippen LogP contribution in [0.15, 0.2) is 0 Å². The molecule has 6 heteroatoms. The van der Waals surface area contributed by atoms with Crippen LogP contribution in [0.2, 0.25) is 0 Å². The summed E-state index contributed by atoms with van der Waals surface area (Å²) < 4.78 is 13.3. The van der Waals surface area contributed by atoms with E-state index in [9.17, 15) is 4.79 Å². The van der Waals surface area contributed by atoms with Gasteiger partial charge in [-0.3, -0.25) is 9.48 Å². The first-order valence-corrected chi connectivity index (χ1v) is 6.42. The van der Waals surface area contributed by atoms with Crippen LogP contribution in [0.3, 0.4) is 0 Å². The van der Waals surface area contributed by atoms with E-state index in [0.717, 1.165) is 30.6 Å². The number of amides is 1. The van der Waals surface area contributed by atoms with Crippen LogP contribution in [-0.4, -0.2) is 41.2 Å². The number of nitrogens with one attached hydrogen (secondary N) is 1. The molecule has 6 nitrogen and oxygen atoms in total. The summed E-state index contributed by atoms with van der Waals surface area (Å²) in [7, 11) is 0. The molecule has 0 bridgehead atoms. The fourth-order valence-corrected chi connectivity index (χ4v) is 3.12. The molecule has 1 N–H and O–H groups in total. The van der Waals surface area contributed by atoms with Crippen LogP contribution in [0.25, 0.3) is 0 Å². The maximum Gasteiger partial charge on any atom is 0.269 e. The minimum atomic E-state index is -0.505. The topological polar surface area (TPSA) is 65.4 Å². The van der Waals surface area contributed by atoms with Gasteiger partial charge < -0.3 is 14.8 Å². The smallest absolute Gasteiger partial charge is 0.269 e. The minimum Gasteiger partial charge on any atom is -0.349 e. The molecule has 4 rings (SSSR count). The lowest BCUT2D eigenvalue weighted by Gasteiger charge is -2.31. The van der Waals surface area contributed by atoms with Gasteiger partial charge in [-0.1, -0.05) is 0 Å². The Morgan fingerprint density at radius 3 is 3.00 bits per heavy atom. The van der Waals surface area contributed by atoms with Crippen molar-refractivity contribution in [3.05, 3.63) is 17.0 Å². The number of nitrogens with zero attached hydrogens (tertiary/aromatic N) is 2. The lowest BCUT2D eigenvalue weighted by atomic mass is 9.90. The summed E-state index contributed by atoms with van der Waals surface area (Å²) in [6, 6.07) is 0. The highest BCUT2D eigenvalue weighted by atomic mass is 16.7. The molecule has 1 amide bonds. The Bertz CT molecular complexity index is 517. The zero-order valence-corrected chi connectivity index (χ0v) is 10.1. The zero-order valence-electron chi connectivity index (χ0n) is 10.1. The second-order valence-electron chi connectivity index (χ2n) is 5.04. The quantitative estimate of drug-likeness (QED) is 0.695. The van der Waals surface area contributed by atoms with Gasteiger partial charge in [-0.25, -0.2) is 0 Å². The van der Waals surface area contributed by atoms with Gasteiger partial charge in [-0.2, -0.15) is 5.10 Å². The summed E-state index contributed by atoms with van der Waals surface area (Å²) in [6.07, 6.45) is 2.30. The first-order chi connectivity index (χ1) is 8.77. The molecule has 3 heterocycles. The summed E-state index contributed by atoms with van der Waals surface area (Å²) in [5, 5.41) is 7.41. The monoisotopic (exact) mass is 249 g/mol. The van der Waals surface area contributed by atoms with Gasteiger partial charge in [0, 0.05) is 24.9 Å². The second kappa shape index (κ2) is 3.55. The SMILES string of the molecule is O=C1NCCn2nc3c(c21)CC1(CC3)OCCO1. The molecule has 0 saturated carbocycles. The van der Waals surface area contributed by atoms with E-state index in [2.05, 4.69) is 10.4 Å². The molecular weight excluding hydrogens is 234 g/mol. The molecule has 0 aromatic carbocycles. The number of aromatic nitrogens is 2. The first kappa shape index (κ1) is 10.5. The predicted octanol–water partition coefficient (Wildman–Crippen LogP) is -0.142. The molecule has 1 spiro atoms. The minimum absolute atomic E-state index is 0.0231. The van der Waals surface area contributed by atoms with Crippen molar-refractivity contribution in [3.8, 4) is 0 Å². The van der Waals surface area contributed by atoms with Gasteiger partial charge in [-0.15, -0.1) is 0 Å². The molecule has 1 aromatic rings. The van der Waals surface area contributed by atoms with Crippen LogP contribution in [0.5, 0.6) is 0 Å². The molecule has 1 saturated heterocycles. The molecular formula is C12H15N3O3. The molecule has 1 fully saturated rings. The fourth-order valence-electron chi connectivity index (χ4n) is 3.12. The number of aryl methyl sites for hydroxylation is 1. The zero-order chi connectivity index (χ0) is 12.2. The molecule has 0 unspecified atom stereocenters. The van der Waals surface area contributed by atoms with E-state index < -0.39 is 5.79 Å². The predicted molar refractivity (Wildman–Crippen MR) is 61.2 cm³/mol. The highest BCUT2D eigenvalue weighted by Crippen LogP contribution is 2.36. The van der Waals surface area contributed by atoms with E-state index in [-0.39, 0.29) is 5.91 Å². The normalized spacial score (nSPS) is 24.8. The number of hydrogen-bond acceptors (Lipinski definition) is 4. The Morgan fingerprint density at radius 1 is 1.33 bits per heavy atom. The molecule has 0 atom stereocenters. The van der Waals surface area contributed by atoms with Crippen LogP contribution in [0.1, 0.15) is 28.2 Å². The molecule has 18 heavy (non-hydrogen) atoms. The van der Waals surface area contributed by atoms with Gasteiger partial charge in [0.1, 0.15) is 5.69 Å². The van der Waals surface area contributed by atoms with E-state index in [1.165, 1.54) is 0 Å². The maximum atomic E-state index is 12.0. The average molecular weight is 249 g/mol. The number of ether oxygens (including phenoxy) is 2. The molecule has 0 radical (unpaired) electrons. The number of rotatable bonds is 0. The highest BCUT2D eigenvalue weighted by Gasteiger charge is 2.43. The van der Waals surface area contributed by atoms with E-state index in [0.29, 0.717) is 31.9 Å². The molecule has 2 aliphatic heterocycles. The van der Waals surface area contributed by atoms with Crippen LogP contribution >= 0.6 is 0 Å². The summed E-state index contributed by atoms with van der Waals surface area (Å²) in [5.74, 6) is -0.528. The Hall–Kier alpha value is -1.40. The van der Waals surface area contributed by atoms with E-state index in [1.807, 2.05) is 4.68 Å². The van der Waals surface area contributed by atoms with Gasteiger partial charge in [0.2, 0.25) is 0 Å². The molecule has 3 aliphatic rings. The van der Waals surface area contributed by atoms with Crippen molar-refractivity contribution in [2.24, 2.45) is 0 Å². The fraction of sp³-hybridized carbons (Fsp3) is 0.667. The Balaban J connectivity index is 1.78. The number of carbonyl (C=O) groups is 1. The summed E-state index contributed by atoms with van der Waals surface area (Å²) in [6.45, 7) is 2.70. The van der Waals surface area contributed by atoms with Crippen molar-refractivity contribution in [1.82, 2.24) is 15.1 Å². The first-order valence-electron chi connectivity index (χ1n) is 6.42. The van der Waals surface area contributed by atoms with Crippen molar-refractivity contribution >= 4 is 5.91 Å². The van der Waals surface area contributed by atoms with Crippen molar-refractivity contribution < 1.29 is 14.3 Å². The van der Waals surface area contributed by atoms with Crippen molar-refractivity contribution in [1.29, 1.82) is 0 Å². The highest BCUT2D eigenvalue weighted by molar-refractivity contribution is 5.95. The van der Waals surface area contributed by atoms with Gasteiger partial charge >= 0.3 is 0 Å². The van der Waals surface area contributed by atoms with Crippen molar-refractivity contribution in [2.75, 3.05) is 19.8 Å². The Kier molecular flexibility index (Phi) is 2.07. The van der Waals surface area contributed by atoms with Crippen LogP contribution < -0.4 is 5.32 Å². The standard InChI is InChI=1S/C12H15N3O3/c16-11-10-8-7-12(17-5-6-18-12)2-1-9(8)14-15(10)4-3-13-11/h1-7H2,(H,13,16). The van der Waals surface area contributed by atoms with Gasteiger partial charge in [0.15, 0.2) is 5.79 Å². The Morgan fingerprint density at radius 2 is 2.17 bits per heavy atom. The Labute approximate surface area is 104 Å². The molecule has 1 aliphatic carbocycles. The largest absolute Gasteiger partial charge is 0.349 e. The van der Waals surface area contributed by atoms with Gasteiger partial charge in [-0.05, 0) is 6.42 Å². The van der Waals surface area contributed by atoms with Gasteiger partial charge in [0.25, 0.3) is 5.91 Å². The third kappa shape index (κ3) is 1.36. The number of hydrogen-bond donors (Lipinski definition) is 1. The molecule has 96 valence electrons. The van der Waals surface area contributed by atoms with Gasteiger partial charge in [0.05, 0.1) is 25.5 Å².